The Morgan fingerprint density at radius 2 is 1.92 bits per heavy atom. The van der Waals surface area contributed by atoms with Crippen LogP contribution in [0.2, 0.25) is 0 Å². The van der Waals surface area contributed by atoms with E-state index in [9.17, 15) is 4.79 Å². The fraction of sp³-hybridized carbons (Fsp3) is 0.667. The minimum Gasteiger partial charge on any atom is -0.464 e. The number of carbonyl (C=O) groups is 1. The molecule has 0 aliphatic rings. The van der Waals surface area contributed by atoms with Crippen LogP contribution >= 0.6 is 0 Å². The number of unbranched alkanes of at least 4 members (excludes halogenated alkanes) is 2. The monoisotopic (exact) mass is 352 g/mol. The van der Waals surface area contributed by atoms with Crippen molar-refractivity contribution in [1.82, 2.24) is 25.3 Å². The molecule has 0 aliphatic carbocycles. The van der Waals surface area contributed by atoms with Crippen LogP contribution in [-0.2, 0) is 11.3 Å². The summed E-state index contributed by atoms with van der Waals surface area (Å²) in [4.78, 5) is 13.4. The number of aromatic nitrogens is 5. The standard InChI is InChI=1S/C15H25N7O3/c1-4-6-8-21(9-7-5-2)10-11-12(15(23)24-3)17-20-22(11)14-13(16)18-25-19-14/h4-10H2,1-3H3,(H2,16,18)/p+1. The zero-order chi connectivity index (χ0) is 18.2. The van der Waals surface area contributed by atoms with Gasteiger partial charge in [-0.05, 0) is 23.2 Å². The molecule has 0 bridgehead atoms. The fourth-order valence-electron chi connectivity index (χ4n) is 2.62. The van der Waals surface area contributed by atoms with Crippen LogP contribution in [0.5, 0.6) is 0 Å². The van der Waals surface area contributed by atoms with Crippen LogP contribution in [0.3, 0.4) is 0 Å². The van der Waals surface area contributed by atoms with E-state index in [0.29, 0.717) is 12.2 Å². The molecule has 0 spiro atoms. The molecule has 0 radical (unpaired) electrons. The van der Waals surface area contributed by atoms with E-state index < -0.39 is 5.97 Å². The van der Waals surface area contributed by atoms with Crippen molar-refractivity contribution in [3.8, 4) is 5.82 Å². The average Bonchev–Trinajstić information content (AvgIpc) is 3.22. The molecular formula is C15H26N7O3+. The van der Waals surface area contributed by atoms with Gasteiger partial charge in [-0.1, -0.05) is 31.9 Å². The highest BCUT2D eigenvalue weighted by atomic mass is 16.6. The van der Waals surface area contributed by atoms with Gasteiger partial charge in [0.1, 0.15) is 12.2 Å². The molecule has 0 saturated carbocycles. The highest BCUT2D eigenvalue weighted by Crippen LogP contribution is 2.15. The zero-order valence-corrected chi connectivity index (χ0v) is 15.0. The molecule has 0 fully saturated rings. The van der Waals surface area contributed by atoms with E-state index in [-0.39, 0.29) is 17.3 Å². The molecule has 138 valence electrons. The van der Waals surface area contributed by atoms with E-state index in [4.69, 9.17) is 10.5 Å². The molecule has 10 nitrogen and oxygen atoms in total. The van der Waals surface area contributed by atoms with Crippen molar-refractivity contribution in [2.24, 2.45) is 0 Å². The van der Waals surface area contributed by atoms with Gasteiger partial charge >= 0.3 is 5.97 Å². The topological polar surface area (TPSA) is 126 Å². The Hall–Kier alpha value is -2.49. The van der Waals surface area contributed by atoms with Crippen LogP contribution in [0.15, 0.2) is 4.63 Å². The second-order valence-corrected chi connectivity index (χ2v) is 5.90. The smallest absolute Gasteiger partial charge is 0.360 e. The third-order valence-corrected chi connectivity index (χ3v) is 4.02. The summed E-state index contributed by atoms with van der Waals surface area (Å²) < 4.78 is 10.9. The van der Waals surface area contributed by atoms with Crippen LogP contribution in [0.4, 0.5) is 5.82 Å². The second kappa shape index (κ2) is 9.11. The molecule has 2 heterocycles. The van der Waals surface area contributed by atoms with E-state index >= 15 is 0 Å². The number of ether oxygens (including phenoxy) is 1. The Morgan fingerprint density at radius 1 is 1.24 bits per heavy atom. The normalized spacial score (nSPS) is 11.2. The number of hydrogen-bond acceptors (Lipinski definition) is 8. The predicted molar refractivity (Wildman–Crippen MR) is 89.2 cm³/mol. The van der Waals surface area contributed by atoms with Crippen molar-refractivity contribution < 1.29 is 19.1 Å². The molecule has 10 heteroatoms. The van der Waals surface area contributed by atoms with Crippen LogP contribution in [0.25, 0.3) is 5.82 Å². The molecule has 2 aromatic rings. The summed E-state index contributed by atoms with van der Waals surface area (Å²) in [6.07, 6.45) is 4.41. The van der Waals surface area contributed by atoms with E-state index in [0.717, 1.165) is 38.8 Å². The molecule has 0 atom stereocenters. The number of methoxy groups -OCH3 is 1. The summed E-state index contributed by atoms with van der Waals surface area (Å²) in [6.45, 7) is 6.86. The third-order valence-electron chi connectivity index (χ3n) is 4.02. The van der Waals surface area contributed by atoms with Crippen molar-refractivity contribution in [3.05, 3.63) is 11.4 Å². The van der Waals surface area contributed by atoms with Crippen molar-refractivity contribution in [2.75, 3.05) is 25.9 Å². The summed E-state index contributed by atoms with van der Waals surface area (Å²) in [6, 6.07) is 0. The van der Waals surface area contributed by atoms with Crippen LogP contribution < -0.4 is 10.6 Å². The number of carbonyl (C=O) groups excluding carboxylic acids is 1. The Bertz CT molecular complexity index is 674. The van der Waals surface area contributed by atoms with Crippen LogP contribution in [0.1, 0.15) is 55.7 Å². The molecule has 0 amide bonds. The first-order valence-corrected chi connectivity index (χ1v) is 8.57. The first-order chi connectivity index (χ1) is 12.1. The quantitative estimate of drug-likeness (QED) is 0.572. The molecule has 0 aliphatic heterocycles. The van der Waals surface area contributed by atoms with Crippen LogP contribution in [-0.4, -0.2) is 51.5 Å². The Kier molecular flexibility index (Phi) is 6.87. The maximum absolute atomic E-state index is 12.1. The minimum atomic E-state index is -0.540. The van der Waals surface area contributed by atoms with E-state index in [2.05, 4.69) is 39.1 Å². The number of nitrogens with two attached hydrogens (primary N) is 1. The van der Waals surface area contributed by atoms with Gasteiger partial charge in [0.15, 0.2) is 5.69 Å². The number of quaternary nitrogens is 1. The molecular weight excluding hydrogens is 326 g/mol. The highest BCUT2D eigenvalue weighted by molar-refractivity contribution is 5.88. The second-order valence-electron chi connectivity index (χ2n) is 5.90. The van der Waals surface area contributed by atoms with Crippen molar-refractivity contribution in [2.45, 2.75) is 46.1 Å². The Labute approximate surface area is 146 Å². The summed E-state index contributed by atoms with van der Waals surface area (Å²) in [5.74, 6) is -0.226. The van der Waals surface area contributed by atoms with Gasteiger partial charge in [0.05, 0.1) is 20.2 Å². The molecule has 2 rings (SSSR count). The molecule has 2 aromatic heterocycles. The van der Waals surface area contributed by atoms with Gasteiger partial charge in [-0.2, -0.15) is 4.68 Å². The number of anilines is 1. The number of nitrogens with zero attached hydrogens (tertiary/aromatic N) is 5. The SMILES string of the molecule is CCCC[NH+](CCCC)Cc1c(C(=O)OC)nnn1-c1nonc1N. The first kappa shape index (κ1) is 18.8. The van der Waals surface area contributed by atoms with Crippen molar-refractivity contribution in [3.63, 3.8) is 0 Å². The molecule has 0 saturated heterocycles. The summed E-state index contributed by atoms with van der Waals surface area (Å²) in [5, 5.41) is 15.3. The first-order valence-electron chi connectivity index (χ1n) is 8.57. The van der Waals surface area contributed by atoms with E-state index in [1.807, 2.05) is 0 Å². The van der Waals surface area contributed by atoms with Gasteiger partial charge < -0.3 is 15.4 Å². The van der Waals surface area contributed by atoms with Gasteiger partial charge in [0.2, 0.25) is 11.6 Å². The third kappa shape index (κ3) is 4.53. The van der Waals surface area contributed by atoms with Gasteiger partial charge in [0.25, 0.3) is 0 Å². The van der Waals surface area contributed by atoms with Gasteiger partial charge in [0, 0.05) is 0 Å². The Morgan fingerprint density at radius 3 is 2.44 bits per heavy atom. The van der Waals surface area contributed by atoms with E-state index in [1.54, 1.807) is 0 Å². The minimum absolute atomic E-state index is 0.0891. The summed E-state index contributed by atoms with van der Waals surface area (Å²) in [5.41, 5.74) is 6.53. The zero-order valence-electron chi connectivity index (χ0n) is 15.0. The number of esters is 1. The molecule has 3 N–H and O–H groups in total. The fourth-order valence-corrected chi connectivity index (χ4v) is 2.62. The molecule has 0 aromatic carbocycles. The Balaban J connectivity index is 2.36. The average molecular weight is 352 g/mol. The lowest BCUT2D eigenvalue weighted by molar-refractivity contribution is -0.914. The number of nitrogen functional groups attached to an aromatic ring is 1. The number of hydrogen-bond donors (Lipinski definition) is 2. The molecule has 25 heavy (non-hydrogen) atoms. The van der Waals surface area contributed by atoms with Crippen LogP contribution in [0, 0.1) is 0 Å². The lowest BCUT2D eigenvalue weighted by Gasteiger charge is -2.19. The van der Waals surface area contributed by atoms with Crippen molar-refractivity contribution >= 4 is 11.8 Å². The highest BCUT2D eigenvalue weighted by Gasteiger charge is 2.27. The lowest BCUT2D eigenvalue weighted by Crippen LogP contribution is -3.10. The van der Waals surface area contributed by atoms with E-state index in [1.165, 1.54) is 16.7 Å². The summed E-state index contributed by atoms with van der Waals surface area (Å²) >= 11 is 0. The maximum atomic E-state index is 12.1. The molecule has 0 unspecified atom stereocenters. The largest absolute Gasteiger partial charge is 0.464 e. The van der Waals surface area contributed by atoms with Crippen molar-refractivity contribution in [1.29, 1.82) is 0 Å². The van der Waals surface area contributed by atoms with Gasteiger partial charge in [-0.3, -0.25) is 0 Å². The lowest BCUT2D eigenvalue weighted by atomic mass is 10.2. The maximum Gasteiger partial charge on any atom is 0.360 e. The number of nitrogens with one attached hydrogen (secondary N) is 1. The van der Waals surface area contributed by atoms with Gasteiger partial charge in [-0.25, -0.2) is 9.42 Å². The van der Waals surface area contributed by atoms with Gasteiger partial charge in [-0.15, -0.1) is 5.10 Å². The predicted octanol–water partition coefficient (Wildman–Crippen LogP) is 0.00420. The number of rotatable bonds is 10. The summed E-state index contributed by atoms with van der Waals surface area (Å²) in [7, 11) is 1.32.